The van der Waals surface area contributed by atoms with Crippen molar-refractivity contribution in [1.82, 2.24) is 4.90 Å². The summed E-state index contributed by atoms with van der Waals surface area (Å²) in [5, 5.41) is 19.2. The number of carboxylic acids is 1. The molecule has 6 nitrogen and oxygen atoms in total. The first-order chi connectivity index (χ1) is 8.58. The zero-order chi connectivity index (χ0) is 14.5. The van der Waals surface area contributed by atoms with Gasteiger partial charge in [-0.05, 0) is 46.5 Å². The maximum absolute atomic E-state index is 12.2. The largest absolute Gasteiger partial charge is 0.479 e. The van der Waals surface area contributed by atoms with Crippen LogP contribution < -0.4 is 0 Å². The summed E-state index contributed by atoms with van der Waals surface area (Å²) in [6.45, 7) is 5.09. The van der Waals surface area contributed by atoms with Crippen LogP contribution in [0.1, 0.15) is 46.5 Å². The molecule has 0 aromatic heterocycles. The lowest BCUT2D eigenvalue weighted by molar-refractivity contribution is -0.166. The normalized spacial score (nSPS) is 29.2. The molecule has 0 aromatic rings. The van der Waals surface area contributed by atoms with Crippen molar-refractivity contribution in [2.45, 2.75) is 63.2 Å². The van der Waals surface area contributed by atoms with E-state index < -0.39 is 23.3 Å². The summed E-state index contributed by atoms with van der Waals surface area (Å²) in [5.74, 6) is -1.28. The molecule has 2 aliphatic rings. The number of β-amino-alcohol motifs (C(OH)–C–C–N with tert-alkyl or cyclic N) is 1. The summed E-state index contributed by atoms with van der Waals surface area (Å²) in [7, 11) is 0. The Morgan fingerprint density at radius 2 is 1.68 bits per heavy atom. The standard InChI is InChI=1S/C13H21NO5/c1-11(2,3)19-10(17)14-8-13(18,9(15)16)7-6-12(14)4-5-12/h18H,4-8H2,1-3H3,(H,15,16). The highest BCUT2D eigenvalue weighted by molar-refractivity contribution is 5.80. The van der Waals surface area contributed by atoms with E-state index in [-0.39, 0.29) is 18.5 Å². The zero-order valence-corrected chi connectivity index (χ0v) is 11.6. The van der Waals surface area contributed by atoms with Gasteiger partial charge in [0, 0.05) is 5.54 Å². The maximum atomic E-state index is 12.2. The van der Waals surface area contributed by atoms with E-state index in [1.165, 1.54) is 4.90 Å². The molecule has 2 rings (SSSR count). The Bertz CT molecular complexity index is 410. The SMILES string of the molecule is CC(C)(C)OC(=O)N1CC(O)(C(=O)O)CCC12CC2. The summed E-state index contributed by atoms with van der Waals surface area (Å²) < 4.78 is 5.31. The van der Waals surface area contributed by atoms with Gasteiger partial charge in [0.1, 0.15) is 5.60 Å². The van der Waals surface area contributed by atoms with Crippen LogP contribution in [0.5, 0.6) is 0 Å². The number of amides is 1. The summed E-state index contributed by atoms with van der Waals surface area (Å²) >= 11 is 0. The molecule has 1 saturated carbocycles. The van der Waals surface area contributed by atoms with E-state index in [9.17, 15) is 14.7 Å². The third kappa shape index (κ3) is 2.68. The number of carbonyl (C=O) groups is 2. The molecule has 0 radical (unpaired) electrons. The predicted molar refractivity (Wildman–Crippen MR) is 66.7 cm³/mol. The number of ether oxygens (including phenoxy) is 1. The topological polar surface area (TPSA) is 87.1 Å². The van der Waals surface area contributed by atoms with E-state index in [1.54, 1.807) is 20.8 Å². The molecule has 2 N–H and O–H groups in total. The van der Waals surface area contributed by atoms with Crippen molar-refractivity contribution in [3.8, 4) is 0 Å². The van der Waals surface area contributed by atoms with Gasteiger partial charge in [0.05, 0.1) is 6.54 Å². The van der Waals surface area contributed by atoms with E-state index >= 15 is 0 Å². The number of nitrogens with zero attached hydrogens (tertiary/aromatic N) is 1. The second kappa shape index (κ2) is 4.10. The molecule has 1 atom stereocenters. The van der Waals surface area contributed by atoms with Gasteiger partial charge >= 0.3 is 12.1 Å². The molecule has 6 heteroatoms. The molecule has 1 saturated heterocycles. The van der Waals surface area contributed by atoms with Crippen LogP contribution in [0.15, 0.2) is 0 Å². The number of rotatable bonds is 1. The third-order valence-corrected chi connectivity index (χ3v) is 3.84. The molecule has 1 unspecified atom stereocenters. The minimum atomic E-state index is -1.86. The fourth-order valence-electron chi connectivity index (χ4n) is 2.50. The van der Waals surface area contributed by atoms with Crippen molar-refractivity contribution >= 4 is 12.1 Å². The number of hydrogen-bond donors (Lipinski definition) is 2. The Kier molecular flexibility index (Phi) is 3.04. The van der Waals surface area contributed by atoms with Crippen LogP contribution in [0.2, 0.25) is 0 Å². The van der Waals surface area contributed by atoms with Crippen LogP contribution in [-0.4, -0.2) is 50.5 Å². The lowest BCUT2D eigenvalue weighted by Gasteiger charge is -2.43. The number of piperidine rings is 1. The van der Waals surface area contributed by atoms with Crippen LogP contribution in [0.4, 0.5) is 4.79 Å². The lowest BCUT2D eigenvalue weighted by atomic mass is 9.87. The van der Waals surface area contributed by atoms with Gasteiger partial charge in [-0.1, -0.05) is 0 Å². The molecular formula is C13H21NO5. The molecule has 1 spiro atoms. The number of aliphatic hydroxyl groups is 1. The number of likely N-dealkylation sites (tertiary alicyclic amines) is 1. The smallest absolute Gasteiger partial charge is 0.410 e. The van der Waals surface area contributed by atoms with E-state index in [1.807, 2.05) is 0 Å². The van der Waals surface area contributed by atoms with Gasteiger partial charge < -0.3 is 14.9 Å². The fraction of sp³-hybridized carbons (Fsp3) is 0.846. The second-order valence-corrected chi connectivity index (χ2v) is 6.63. The van der Waals surface area contributed by atoms with Crippen LogP contribution >= 0.6 is 0 Å². The Hall–Kier alpha value is -1.30. The number of aliphatic carboxylic acids is 1. The first-order valence-electron chi connectivity index (χ1n) is 6.54. The van der Waals surface area contributed by atoms with Crippen molar-refractivity contribution in [2.75, 3.05) is 6.54 Å². The first kappa shape index (κ1) is 14.1. The highest BCUT2D eigenvalue weighted by Gasteiger charge is 2.59. The van der Waals surface area contributed by atoms with E-state index in [0.717, 1.165) is 12.8 Å². The Morgan fingerprint density at radius 3 is 2.11 bits per heavy atom. The highest BCUT2D eigenvalue weighted by atomic mass is 16.6. The van der Waals surface area contributed by atoms with Crippen LogP contribution in [0.25, 0.3) is 0 Å². The van der Waals surface area contributed by atoms with Gasteiger partial charge in [-0.3, -0.25) is 4.90 Å². The molecule has 1 heterocycles. The Balaban J connectivity index is 2.16. The van der Waals surface area contributed by atoms with E-state index in [4.69, 9.17) is 9.84 Å². The summed E-state index contributed by atoms with van der Waals surface area (Å²) in [6.07, 6.45) is 1.85. The van der Waals surface area contributed by atoms with Crippen LogP contribution in [0, 0.1) is 0 Å². The van der Waals surface area contributed by atoms with Crippen LogP contribution in [-0.2, 0) is 9.53 Å². The van der Waals surface area contributed by atoms with Gasteiger partial charge in [0.15, 0.2) is 5.60 Å². The Labute approximate surface area is 112 Å². The van der Waals surface area contributed by atoms with Crippen molar-refractivity contribution in [2.24, 2.45) is 0 Å². The number of carbonyl (C=O) groups excluding carboxylic acids is 1. The number of hydrogen-bond acceptors (Lipinski definition) is 4. The molecule has 19 heavy (non-hydrogen) atoms. The monoisotopic (exact) mass is 271 g/mol. The zero-order valence-electron chi connectivity index (χ0n) is 11.6. The van der Waals surface area contributed by atoms with E-state index in [2.05, 4.69) is 0 Å². The van der Waals surface area contributed by atoms with Gasteiger partial charge in [0.25, 0.3) is 0 Å². The Morgan fingerprint density at radius 1 is 1.16 bits per heavy atom. The van der Waals surface area contributed by atoms with Crippen LogP contribution in [0.3, 0.4) is 0 Å². The van der Waals surface area contributed by atoms with Crippen molar-refractivity contribution in [3.63, 3.8) is 0 Å². The quantitative estimate of drug-likeness (QED) is 0.752. The van der Waals surface area contributed by atoms with E-state index in [0.29, 0.717) is 6.42 Å². The molecule has 108 valence electrons. The molecule has 2 fully saturated rings. The highest BCUT2D eigenvalue weighted by Crippen LogP contribution is 2.50. The molecule has 1 aliphatic carbocycles. The van der Waals surface area contributed by atoms with Crippen molar-refractivity contribution in [1.29, 1.82) is 0 Å². The summed E-state index contributed by atoms with van der Waals surface area (Å²) in [5.41, 5.74) is -2.78. The maximum Gasteiger partial charge on any atom is 0.410 e. The average Bonchev–Trinajstić information content (AvgIpc) is 3.00. The molecule has 0 aromatic carbocycles. The molecular weight excluding hydrogens is 250 g/mol. The minimum absolute atomic E-state index is 0.182. The summed E-state index contributed by atoms with van der Waals surface area (Å²) in [4.78, 5) is 24.7. The number of carboxylic acid groups (broad SMARTS) is 1. The second-order valence-electron chi connectivity index (χ2n) is 6.63. The van der Waals surface area contributed by atoms with Gasteiger partial charge in [-0.15, -0.1) is 0 Å². The summed E-state index contributed by atoms with van der Waals surface area (Å²) in [6, 6.07) is 0. The van der Waals surface area contributed by atoms with Gasteiger partial charge in [-0.2, -0.15) is 0 Å². The van der Waals surface area contributed by atoms with Gasteiger partial charge in [-0.25, -0.2) is 9.59 Å². The third-order valence-electron chi connectivity index (χ3n) is 3.84. The average molecular weight is 271 g/mol. The first-order valence-corrected chi connectivity index (χ1v) is 6.54. The predicted octanol–water partition coefficient (Wildman–Crippen LogP) is 1.37. The molecule has 1 amide bonds. The molecule has 0 bridgehead atoms. The fourth-order valence-corrected chi connectivity index (χ4v) is 2.50. The van der Waals surface area contributed by atoms with Crippen molar-refractivity contribution < 1.29 is 24.5 Å². The lowest BCUT2D eigenvalue weighted by Crippen LogP contribution is -2.60. The molecule has 1 aliphatic heterocycles. The minimum Gasteiger partial charge on any atom is -0.479 e. The van der Waals surface area contributed by atoms with Gasteiger partial charge in [0.2, 0.25) is 0 Å². The van der Waals surface area contributed by atoms with Crippen molar-refractivity contribution in [3.05, 3.63) is 0 Å².